The molecule has 0 bridgehead atoms. The van der Waals surface area contributed by atoms with E-state index in [0.29, 0.717) is 0 Å². The number of hydrogen-bond donors (Lipinski definition) is 0. The zero-order valence-corrected chi connectivity index (χ0v) is 8.17. The van der Waals surface area contributed by atoms with Crippen molar-refractivity contribution in [2.24, 2.45) is 0 Å². The van der Waals surface area contributed by atoms with Gasteiger partial charge < -0.3 is 0 Å². The van der Waals surface area contributed by atoms with Gasteiger partial charge in [-0.2, -0.15) is 0 Å². The van der Waals surface area contributed by atoms with E-state index < -0.39 is 0 Å². The lowest BCUT2D eigenvalue weighted by atomic mass is 10.0. The Labute approximate surface area is 79.6 Å². The molecule has 0 unspecified atom stereocenters. The Morgan fingerprint density at radius 2 is 1.69 bits per heavy atom. The summed E-state index contributed by atoms with van der Waals surface area (Å²) in [6.45, 7) is 4.30. The summed E-state index contributed by atoms with van der Waals surface area (Å²) in [5, 5.41) is 0. The monoisotopic (exact) mass is 170 g/mol. The molecule has 0 amide bonds. The summed E-state index contributed by atoms with van der Waals surface area (Å²) in [7, 11) is 0. The summed E-state index contributed by atoms with van der Waals surface area (Å²) in [5.41, 5.74) is 5.51. The van der Waals surface area contributed by atoms with E-state index >= 15 is 0 Å². The predicted molar refractivity (Wildman–Crippen MR) is 57.7 cm³/mol. The van der Waals surface area contributed by atoms with Crippen LogP contribution in [0.2, 0.25) is 0 Å². The number of hydrogen-bond acceptors (Lipinski definition) is 0. The van der Waals surface area contributed by atoms with Crippen molar-refractivity contribution in [3.05, 3.63) is 53.1 Å². The zero-order valence-electron chi connectivity index (χ0n) is 8.17. The normalized spacial score (nSPS) is 14.8. The third kappa shape index (κ3) is 1.72. The highest BCUT2D eigenvalue weighted by atomic mass is 14.1. The van der Waals surface area contributed by atoms with Gasteiger partial charge in [0.2, 0.25) is 0 Å². The van der Waals surface area contributed by atoms with E-state index in [1.165, 1.54) is 22.3 Å². The summed E-state index contributed by atoms with van der Waals surface area (Å²) in [6.07, 6.45) is 7.62. The van der Waals surface area contributed by atoms with Crippen LogP contribution >= 0.6 is 0 Å². The second-order valence-electron chi connectivity index (χ2n) is 3.70. The van der Waals surface area contributed by atoms with Crippen LogP contribution in [0.3, 0.4) is 0 Å². The van der Waals surface area contributed by atoms with Crippen LogP contribution in [0, 0.1) is 13.8 Å². The molecule has 0 atom stereocenters. The highest BCUT2D eigenvalue weighted by Crippen LogP contribution is 2.24. The first-order valence-corrected chi connectivity index (χ1v) is 4.70. The molecule has 1 aliphatic rings. The Morgan fingerprint density at radius 1 is 1.00 bits per heavy atom. The van der Waals surface area contributed by atoms with Crippen molar-refractivity contribution in [3.8, 4) is 0 Å². The van der Waals surface area contributed by atoms with Crippen molar-refractivity contribution in [2.45, 2.75) is 20.3 Å². The van der Waals surface area contributed by atoms with Crippen molar-refractivity contribution in [1.29, 1.82) is 0 Å². The molecular weight excluding hydrogens is 156 g/mol. The van der Waals surface area contributed by atoms with E-state index in [2.05, 4.69) is 50.3 Å². The minimum absolute atomic E-state index is 1.09. The van der Waals surface area contributed by atoms with E-state index in [9.17, 15) is 0 Å². The Kier molecular flexibility index (Phi) is 2.05. The predicted octanol–water partition coefficient (Wildman–Crippen LogP) is 3.65. The van der Waals surface area contributed by atoms with E-state index in [4.69, 9.17) is 0 Å². The molecule has 66 valence electrons. The van der Waals surface area contributed by atoms with Crippen LogP contribution in [0.15, 0.2) is 36.4 Å². The fraction of sp³-hybridized carbons (Fsp3) is 0.231. The van der Waals surface area contributed by atoms with Gasteiger partial charge in [0, 0.05) is 0 Å². The van der Waals surface area contributed by atoms with Gasteiger partial charge in [0.1, 0.15) is 0 Å². The fourth-order valence-corrected chi connectivity index (χ4v) is 1.82. The van der Waals surface area contributed by atoms with Crippen LogP contribution in [0.25, 0.3) is 5.57 Å². The highest BCUT2D eigenvalue weighted by molar-refractivity contribution is 5.71. The van der Waals surface area contributed by atoms with Gasteiger partial charge in [-0.3, -0.25) is 0 Å². The summed E-state index contributed by atoms with van der Waals surface area (Å²) in [6, 6.07) is 6.73. The molecule has 0 spiro atoms. The maximum absolute atomic E-state index is 2.26. The van der Waals surface area contributed by atoms with Crippen LogP contribution < -0.4 is 0 Å². The molecule has 0 heteroatoms. The van der Waals surface area contributed by atoms with Gasteiger partial charge in [-0.25, -0.2) is 0 Å². The lowest BCUT2D eigenvalue weighted by Crippen LogP contribution is -1.85. The van der Waals surface area contributed by atoms with E-state index in [0.717, 1.165) is 6.42 Å². The lowest BCUT2D eigenvalue weighted by molar-refractivity contribution is 1.34. The Balaban J connectivity index is 2.40. The molecule has 13 heavy (non-hydrogen) atoms. The molecule has 0 N–H and O–H groups in total. The van der Waals surface area contributed by atoms with Gasteiger partial charge in [0.05, 0.1) is 0 Å². The van der Waals surface area contributed by atoms with Crippen molar-refractivity contribution >= 4 is 5.57 Å². The Hall–Kier alpha value is -1.30. The summed E-state index contributed by atoms with van der Waals surface area (Å²) in [5.74, 6) is 0. The average Bonchev–Trinajstić information content (AvgIpc) is 2.53. The van der Waals surface area contributed by atoms with Gasteiger partial charge in [0.25, 0.3) is 0 Å². The number of aryl methyl sites for hydroxylation is 2. The molecule has 0 nitrogen and oxygen atoms in total. The molecule has 0 saturated carbocycles. The third-order valence-corrected chi connectivity index (χ3v) is 2.36. The molecule has 0 radical (unpaired) electrons. The van der Waals surface area contributed by atoms with E-state index in [1.54, 1.807) is 0 Å². The van der Waals surface area contributed by atoms with Crippen LogP contribution in [-0.4, -0.2) is 0 Å². The van der Waals surface area contributed by atoms with Gasteiger partial charge in [-0.1, -0.05) is 47.6 Å². The number of allylic oxidation sites excluding steroid dienone is 4. The smallest absolute Gasteiger partial charge is 0.00884 e. The molecule has 2 rings (SSSR count). The molecular formula is C13H14. The first kappa shape index (κ1) is 8.31. The van der Waals surface area contributed by atoms with Gasteiger partial charge in [-0.15, -0.1) is 0 Å². The molecule has 0 heterocycles. The van der Waals surface area contributed by atoms with Crippen molar-refractivity contribution in [3.63, 3.8) is 0 Å². The molecule has 1 aromatic carbocycles. The molecule has 0 fully saturated rings. The van der Waals surface area contributed by atoms with Crippen molar-refractivity contribution < 1.29 is 0 Å². The van der Waals surface area contributed by atoms with Crippen LogP contribution in [-0.2, 0) is 0 Å². The molecule has 1 aromatic rings. The van der Waals surface area contributed by atoms with E-state index in [-0.39, 0.29) is 0 Å². The largest absolute Gasteiger partial charge is 0.0801 e. The molecule has 0 saturated heterocycles. The second kappa shape index (κ2) is 3.21. The van der Waals surface area contributed by atoms with Crippen LogP contribution in [0.1, 0.15) is 23.1 Å². The first-order valence-electron chi connectivity index (χ1n) is 4.70. The summed E-state index contributed by atoms with van der Waals surface area (Å²) >= 11 is 0. The zero-order chi connectivity index (χ0) is 9.26. The minimum atomic E-state index is 1.09. The fourth-order valence-electron chi connectivity index (χ4n) is 1.82. The lowest BCUT2D eigenvalue weighted by Gasteiger charge is -2.05. The number of benzene rings is 1. The molecule has 1 aliphatic carbocycles. The summed E-state index contributed by atoms with van der Waals surface area (Å²) in [4.78, 5) is 0. The topological polar surface area (TPSA) is 0 Å². The standard InChI is InChI=1S/C13H14/c1-10-7-11(2)9-13(8-10)12-5-3-4-6-12/h3-5,7-9H,6H2,1-2H3. The highest BCUT2D eigenvalue weighted by Gasteiger charge is 2.03. The minimum Gasteiger partial charge on any atom is -0.0801 e. The van der Waals surface area contributed by atoms with Gasteiger partial charge in [-0.05, 0) is 31.4 Å². The summed E-state index contributed by atoms with van der Waals surface area (Å²) < 4.78 is 0. The van der Waals surface area contributed by atoms with E-state index in [1.807, 2.05) is 0 Å². The average molecular weight is 170 g/mol. The molecule has 0 aromatic heterocycles. The molecule has 0 aliphatic heterocycles. The van der Waals surface area contributed by atoms with Crippen LogP contribution in [0.4, 0.5) is 0 Å². The third-order valence-electron chi connectivity index (χ3n) is 2.36. The van der Waals surface area contributed by atoms with Crippen molar-refractivity contribution in [2.75, 3.05) is 0 Å². The Morgan fingerprint density at radius 3 is 2.23 bits per heavy atom. The van der Waals surface area contributed by atoms with Gasteiger partial charge >= 0.3 is 0 Å². The van der Waals surface area contributed by atoms with Crippen LogP contribution in [0.5, 0.6) is 0 Å². The maximum Gasteiger partial charge on any atom is -0.00884 e. The SMILES string of the molecule is Cc1cc(C)cc(C2=CC=CC2)c1. The quantitative estimate of drug-likeness (QED) is 0.603. The second-order valence-corrected chi connectivity index (χ2v) is 3.70. The Bertz CT molecular complexity index is 361. The maximum atomic E-state index is 2.26. The van der Waals surface area contributed by atoms with Crippen molar-refractivity contribution in [1.82, 2.24) is 0 Å². The van der Waals surface area contributed by atoms with Gasteiger partial charge in [0.15, 0.2) is 0 Å². The first-order chi connectivity index (χ1) is 6.25. The number of rotatable bonds is 1.